The Morgan fingerprint density at radius 2 is 1.91 bits per heavy atom. The van der Waals surface area contributed by atoms with E-state index in [1.54, 1.807) is 24.6 Å². The Morgan fingerprint density at radius 3 is 2.62 bits per heavy atom. The molecule has 1 N–H and O–H groups in total. The summed E-state index contributed by atoms with van der Waals surface area (Å²) >= 11 is 5.74. The molecule has 0 spiro atoms. The van der Waals surface area contributed by atoms with Crippen molar-refractivity contribution in [1.29, 1.82) is 0 Å². The number of rotatable bonds is 5. The van der Waals surface area contributed by atoms with Gasteiger partial charge < -0.3 is 19.2 Å². The van der Waals surface area contributed by atoms with Crippen LogP contribution in [-0.4, -0.2) is 19.6 Å². The fourth-order valence-corrected chi connectivity index (χ4v) is 4.88. The lowest BCUT2D eigenvalue weighted by Crippen LogP contribution is -2.29. The monoisotopic (exact) mass is 446 g/mol. The van der Waals surface area contributed by atoms with E-state index in [1.807, 2.05) is 54.8 Å². The van der Waals surface area contributed by atoms with Crippen LogP contribution in [-0.2, 0) is 6.54 Å². The summed E-state index contributed by atoms with van der Waals surface area (Å²) in [5, 5.41) is 4.10. The highest BCUT2D eigenvalue weighted by molar-refractivity contribution is 7.80. The average molecular weight is 447 g/mol. The largest absolute Gasteiger partial charge is 0.467 e. The number of benzene rings is 1. The van der Waals surface area contributed by atoms with Crippen molar-refractivity contribution < 1.29 is 8.81 Å². The highest BCUT2D eigenvalue weighted by Gasteiger charge is 2.41. The smallest absolute Gasteiger partial charge is 0.170 e. The summed E-state index contributed by atoms with van der Waals surface area (Å²) in [6.07, 6.45) is 3.45. The Hall–Kier alpha value is -3.45. The molecule has 5 rings (SSSR count). The van der Waals surface area contributed by atoms with E-state index in [9.17, 15) is 4.39 Å². The number of thiocarbonyl (C=S) groups is 1. The van der Waals surface area contributed by atoms with E-state index in [-0.39, 0.29) is 17.9 Å². The minimum Gasteiger partial charge on any atom is -0.467 e. The van der Waals surface area contributed by atoms with Gasteiger partial charge in [0.1, 0.15) is 11.6 Å². The number of pyridine rings is 1. The average Bonchev–Trinajstić information content (AvgIpc) is 3.49. The summed E-state index contributed by atoms with van der Waals surface area (Å²) in [4.78, 5) is 6.72. The van der Waals surface area contributed by atoms with Crippen molar-refractivity contribution in [2.75, 3.05) is 0 Å². The molecule has 1 fully saturated rings. The molecule has 0 bridgehead atoms. The molecular formula is C25H23FN4OS. The second kappa shape index (κ2) is 8.24. The molecule has 4 heterocycles. The van der Waals surface area contributed by atoms with Crippen molar-refractivity contribution in [2.45, 2.75) is 32.5 Å². The number of nitrogens with one attached hydrogen (secondary N) is 1. The second-order valence-corrected chi connectivity index (χ2v) is 8.33. The molecule has 1 aromatic carbocycles. The molecule has 1 saturated heterocycles. The van der Waals surface area contributed by atoms with Gasteiger partial charge in [-0.1, -0.05) is 18.2 Å². The molecular weight excluding hydrogens is 423 g/mol. The second-order valence-electron chi connectivity index (χ2n) is 7.95. The topological polar surface area (TPSA) is 46.2 Å². The van der Waals surface area contributed by atoms with E-state index in [0.717, 1.165) is 28.4 Å². The number of furan rings is 1. The van der Waals surface area contributed by atoms with Crippen molar-refractivity contribution in [3.8, 4) is 5.69 Å². The highest BCUT2D eigenvalue weighted by Crippen LogP contribution is 2.42. The first-order valence-electron chi connectivity index (χ1n) is 10.5. The van der Waals surface area contributed by atoms with Crippen molar-refractivity contribution in [3.05, 3.63) is 107 Å². The van der Waals surface area contributed by atoms with Crippen LogP contribution in [0.4, 0.5) is 4.39 Å². The number of aromatic nitrogens is 2. The van der Waals surface area contributed by atoms with Crippen LogP contribution in [0, 0.1) is 19.7 Å². The number of para-hydroxylation sites is 1. The Kier molecular flexibility index (Phi) is 5.27. The van der Waals surface area contributed by atoms with Gasteiger partial charge in [0.2, 0.25) is 0 Å². The summed E-state index contributed by atoms with van der Waals surface area (Å²) in [6, 6.07) is 18.4. The van der Waals surface area contributed by atoms with Crippen LogP contribution in [0.15, 0.2) is 77.5 Å². The summed E-state index contributed by atoms with van der Waals surface area (Å²) in [5.41, 5.74) is 4.43. The summed E-state index contributed by atoms with van der Waals surface area (Å²) < 4.78 is 22.2. The lowest BCUT2D eigenvalue weighted by molar-refractivity contribution is 0.286. The van der Waals surface area contributed by atoms with Gasteiger partial charge in [0.25, 0.3) is 0 Å². The molecule has 162 valence electrons. The normalized spacial score (nSPS) is 18.2. The molecule has 7 heteroatoms. The first kappa shape index (κ1) is 20.5. The SMILES string of the molecule is Cc1cc(C2C(c3ccccn3)NC(=S)N2Cc2ccco2)c(C)n1-c1ccccc1F. The van der Waals surface area contributed by atoms with Gasteiger partial charge in [-0.15, -0.1) is 0 Å². The molecule has 1 aliphatic heterocycles. The van der Waals surface area contributed by atoms with Gasteiger partial charge in [-0.25, -0.2) is 4.39 Å². The number of aryl methyl sites for hydroxylation is 1. The van der Waals surface area contributed by atoms with Crippen LogP contribution in [0.3, 0.4) is 0 Å². The van der Waals surface area contributed by atoms with Crippen molar-refractivity contribution >= 4 is 17.3 Å². The zero-order valence-electron chi connectivity index (χ0n) is 17.8. The third-order valence-corrected chi connectivity index (χ3v) is 6.34. The van der Waals surface area contributed by atoms with Crippen molar-refractivity contribution in [3.63, 3.8) is 0 Å². The predicted molar refractivity (Wildman–Crippen MR) is 125 cm³/mol. The molecule has 4 aromatic rings. The lowest BCUT2D eigenvalue weighted by Gasteiger charge is -2.27. The molecule has 0 aliphatic carbocycles. The van der Waals surface area contributed by atoms with Crippen molar-refractivity contribution in [1.82, 2.24) is 19.8 Å². The van der Waals surface area contributed by atoms with Crippen LogP contribution in [0.25, 0.3) is 5.69 Å². The van der Waals surface area contributed by atoms with Crippen LogP contribution in [0.5, 0.6) is 0 Å². The first-order valence-corrected chi connectivity index (χ1v) is 10.9. The Labute approximate surface area is 191 Å². The van der Waals surface area contributed by atoms with Gasteiger partial charge in [-0.3, -0.25) is 4.98 Å². The lowest BCUT2D eigenvalue weighted by atomic mass is 9.96. The standard InChI is InChI=1S/C25H23FN4OS/c1-16-14-19(17(2)30(16)22-11-4-3-9-20(22)26)24-23(21-10-5-6-12-27-21)28-25(32)29(24)15-18-8-7-13-31-18/h3-14,23-24H,15H2,1-2H3,(H,28,32). The van der Waals surface area contributed by atoms with Crippen LogP contribution >= 0.6 is 12.2 Å². The third-order valence-electron chi connectivity index (χ3n) is 5.99. The molecule has 0 saturated carbocycles. The minimum atomic E-state index is -0.255. The van der Waals surface area contributed by atoms with Crippen LogP contribution in [0.1, 0.15) is 40.5 Å². The van der Waals surface area contributed by atoms with E-state index in [2.05, 4.69) is 21.3 Å². The molecule has 3 aromatic heterocycles. The van der Waals surface area contributed by atoms with Gasteiger partial charge >= 0.3 is 0 Å². The first-order chi connectivity index (χ1) is 15.5. The fraction of sp³-hybridized carbons (Fsp3) is 0.200. The van der Waals surface area contributed by atoms with Gasteiger partial charge in [0.05, 0.1) is 36.3 Å². The molecule has 5 nitrogen and oxygen atoms in total. The van der Waals surface area contributed by atoms with Gasteiger partial charge in [0, 0.05) is 17.6 Å². The van der Waals surface area contributed by atoms with Crippen LogP contribution < -0.4 is 5.32 Å². The van der Waals surface area contributed by atoms with E-state index >= 15 is 0 Å². The third kappa shape index (κ3) is 3.48. The Bertz CT molecular complexity index is 1250. The number of halogens is 1. The molecule has 32 heavy (non-hydrogen) atoms. The summed E-state index contributed by atoms with van der Waals surface area (Å²) in [6.45, 7) is 4.54. The molecule has 2 unspecified atom stereocenters. The maximum atomic E-state index is 14.7. The van der Waals surface area contributed by atoms with Crippen molar-refractivity contribution in [2.24, 2.45) is 0 Å². The van der Waals surface area contributed by atoms with Gasteiger partial charge in [0.15, 0.2) is 5.11 Å². The zero-order valence-corrected chi connectivity index (χ0v) is 18.6. The fourth-order valence-electron chi connectivity index (χ4n) is 4.58. The van der Waals surface area contributed by atoms with E-state index < -0.39 is 0 Å². The van der Waals surface area contributed by atoms with E-state index in [1.165, 1.54) is 6.07 Å². The predicted octanol–water partition coefficient (Wildman–Crippen LogP) is 5.39. The van der Waals surface area contributed by atoms with E-state index in [0.29, 0.717) is 17.3 Å². The number of hydrogen-bond acceptors (Lipinski definition) is 3. The van der Waals surface area contributed by atoms with Gasteiger partial charge in [-0.2, -0.15) is 0 Å². The zero-order chi connectivity index (χ0) is 22.2. The Balaban J connectivity index is 1.64. The highest BCUT2D eigenvalue weighted by atomic mass is 32.1. The number of nitrogens with zero attached hydrogens (tertiary/aromatic N) is 3. The van der Waals surface area contributed by atoms with E-state index in [4.69, 9.17) is 16.6 Å². The van der Waals surface area contributed by atoms with Crippen LogP contribution in [0.2, 0.25) is 0 Å². The summed E-state index contributed by atoms with van der Waals surface area (Å²) in [7, 11) is 0. The quantitative estimate of drug-likeness (QED) is 0.416. The molecule has 0 amide bonds. The molecule has 2 atom stereocenters. The number of hydrogen-bond donors (Lipinski definition) is 1. The molecule has 0 radical (unpaired) electrons. The summed E-state index contributed by atoms with van der Waals surface area (Å²) in [5.74, 6) is 0.568. The molecule has 1 aliphatic rings. The Morgan fingerprint density at radius 1 is 1.09 bits per heavy atom. The maximum Gasteiger partial charge on any atom is 0.170 e. The van der Waals surface area contributed by atoms with Gasteiger partial charge in [-0.05, 0) is 74.1 Å². The maximum absolute atomic E-state index is 14.7. The minimum absolute atomic E-state index is 0.130.